The summed E-state index contributed by atoms with van der Waals surface area (Å²) >= 11 is 0. The number of amides is 1. The number of nitriles is 1. The van der Waals surface area contributed by atoms with Gasteiger partial charge in [-0.25, -0.2) is 0 Å². The normalized spacial score (nSPS) is 30.7. The second-order valence-corrected chi connectivity index (χ2v) is 5.77. The average molecular weight is 250 g/mol. The monoisotopic (exact) mass is 250 g/mol. The molecule has 0 atom stereocenters. The lowest BCUT2D eigenvalue weighted by Gasteiger charge is -2.30. The molecule has 4 nitrogen and oxygen atoms in total. The zero-order valence-electron chi connectivity index (χ0n) is 10.8. The molecule has 1 amide bonds. The summed E-state index contributed by atoms with van der Waals surface area (Å²) in [6.07, 6.45) is 7.19. The first kappa shape index (κ1) is 13.4. The van der Waals surface area contributed by atoms with Crippen molar-refractivity contribution in [3.63, 3.8) is 0 Å². The third-order valence-corrected chi connectivity index (χ3v) is 4.55. The molecule has 2 fully saturated rings. The highest BCUT2D eigenvalue weighted by molar-refractivity contribution is 5.85. The lowest BCUT2D eigenvalue weighted by Crippen LogP contribution is -2.45. The highest BCUT2D eigenvalue weighted by atomic mass is 16.3. The van der Waals surface area contributed by atoms with Crippen molar-refractivity contribution in [2.75, 3.05) is 6.61 Å². The quantitative estimate of drug-likeness (QED) is 0.801. The Morgan fingerprint density at radius 3 is 2.39 bits per heavy atom. The van der Waals surface area contributed by atoms with E-state index in [0.717, 1.165) is 38.5 Å². The summed E-state index contributed by atoms with van der Waals surface area (Å²) < 4.78 is 0. The molecule has 0 aliphatic heterocycles. The van der Waals surface area contributed by atoms with Crippen molar-refractivity contribution >= 4 is 5.91 Å². The number of hydrogen-bond donors (Lipinski definition) is 2. The second kappa shape index (κ2) is 5.71. The van der Waals surface area contributed by atoms with Crippen molar-refractivity contribution in [2.45, 2.75) is 57.4 Å². The molecule has 2 aliphatic rings. The fourth-order valence-electron chi connectivity index (χ4n) is 3.18. The molecule has 2 saturated carbocycles. The number of hydrogen-bond acceptors (Lipinski definition) is 3. The average Bonchev–Trinajstić information content (AvgIpc) is 2.89. The van der Waals surface area contributed by atoms with E-state index in [4.69, 9.17) is 5.11 Å². The van der Waals surface area contributed by atoms with Crippen LogP contribution in [0.2, 0.25) is 0 Å². The second-order valence-electron chi connectivity index (χ2n) is 5.77. The van der Waals surface area contributed by atoms with Crippen LogP contribution in [-0.2, 0) is 4.79 Å². The minimum atomic E-state index is -0.756. The van der Waals surface area contributed by atoms with Gasteiger partial charge in [-0.15, -0.1) is 0 Å². The van der Waals surface area contributed by atoms with Crippen molar-refractivity contribution in [1.82, 2.24) is 5.32 Å². The number of aliphatic hydroxyl groups is 1. The van der Waals surface area contributed by atoms with Crippen LogP contribution in [0.3, 0.4) is 0 Å². The number of carbonyl (C=O) groups is 1. The summed E-state index contributed by atoms with van der Waals surface area (Å²) in [4.78, 5) is 12.2. The molecule has 0 unspecified atom stereocenters. The van der Waals surface area contributed by atoms with Crippen molar-refractivity contribution in [2.24, 2.45) is 11.3 Å². The summed E-state index contributed by atoms with van der Waals surface area (Å²) in [5.41, 5.74) is -0.756. The number of nitrogens with one attached hydrogen (secondary N) is 1. The smallest absolute Gasteiger partial charge is 0.240 e. The van der Waals surface area contributed by atoms with Crippen LogP contribution in [0, 0.1) is 22.7 Å². The van der Waals surface area contributed by atoms with Crippen LogP contribution in [0.15, 0.2) is 0 Å². The van der Waals surface area contributed by atoms with Crippen LogP contribution in [0.25, 0.3) is 0 Å². The van der Waals surface area contributed by atoms with Gasteiger partial charge in [-0.05, 0) is 44.4 Å². The van der Waals surface area contributed by atoms with Gasteiger partial charge in [0.05, 0.1) is 6.07 Å². The Kier molecular flexibility index (Phi) is 4.23. The minimum Gasteiger partial charge on any atom is -0.396 e. The largest absolute Gasteiger partial charge is 0.396 e. The van der Waals surface area contributed by atoms with Gasteiger partial charge in [0.15, 0.2) is 0 Å². The van der Waals surface area contributed by atoms with Gasteiger partial charge in [0.1, 0.15) is 5.41 Å². The maximum Gasteiger partial charge on any atom is 0.240 e. The van der Waals surface area contributed by atoms with Crippen LogP contribution in [-0.4, -0.2) is 23.7 Å². The van der Waals surface area contributed by atoms with Crippen molar-refractivity contribution in [3.05, 3.63) is 0 Å². The zero-order valence-corrected chi connectivity index (χ0v) is 10.8. The topological polar surface area (TPSA) is 73.1 Å². The maximum atomic E-state index is 12.2. The van der Waals surface area contributed by atoms with Gasteiger partial charge in [-0.3, -0.25) is 4.79 Å². The van der Waals surface area contributed by atoms with Gasteiger partial charge in [0, 0.05) is 12.6 Å². The lowest BCUT2D eigenvalue weighted by atomic mass is 9.84. The summed E-state index contributed by atoms with van der Waals surface area (Å²) in [6, 6.07) is 2.43. The van der Waals surface area contributed by atoms with Gasteiger partial charge in [-0.1, -0.05) is 12.8 Å². The molecule has 0 bridgehead atoms. The molecular formula is C14H22N2O2. The standard InChI is InChI=1S/C14H22N2O2/c15-10-14(7-1-2-8-14)13(18)16-12-5-3-11(9-17)4-6-12/h11-12,17H,1-9H2,(H,16,18). The highest BCUT2D eigenvalue weighted by Gasteiger charge is 2.42. The van der Waals surface area contributed by atoms with E-state index in [9.17, 15) is 10.1 Å². The van der Waals surface area contributed by atoms with Crippen LogP contribution >= 0.6 is 0 Å². The molecule has 2 N–H and O–H groups in total. The molecular weight excluding hydrogens is 228 g/mol. The first-order chi connectivity index (χ1) is 8.70. The predicted molar refractivity (Wildman–Crippen MR) is 67.5 cm³/mol. The molecule has 100 valence electrons. The molecule has 0 aromatic carbocycles. The van der Waals surface area contributed by atoms with E-state index in [1.165, 1.54) is 0 Å². The number of nitrogens with zero attached hydrogens (tertiary/aromatic N) is 1. The Labute approximate surface area is 108 Å². The molecule has 0 radical (unpaired) electrons. The van der Waals surface area contributed by atoms with E-state index in [2.05, 4.69) is 11.4 Å². The summed E-state index contributed by atoms with van der Waals surface area (Å²) in [5, 5.41) is 21.4. The van der Waals surface area contributed by atoms with Gasteiger partial charge < -0.3 is 10.4 Å². The zero-order chi connectivity index (χ0) is 13.0. The van der Waals surface area contributed by atoms with E-state index >= 15 is 0 Å². The Morgan fingerprint density at radius 2 is 1.89 bits per heavy atom. The molecule has 0 aromatic rings. The third-order valence-electron chi connectivity index (χ3n) is 4.55. The first-order valence-corrected chi connectivity index (χ1v) is 7.03. The van der Waals surface area contributed by atoms with Crippen LogP contribution in [0.4, 0.5) is 0 Å². The van der Waals surface area contributed by atoms with E-state index in [-0.39, 0.29) is 18.6 Å². The summed E-state index contributed by atoms with van der Waals surface area (Å²) in [6.45, 7) is 0.253. The third kappa shape index (κ3) is 2.67. The molecule has 0 aromatic heterocycles. The molecule has 2 rings (SSSR count). The lowest BCUT2D eigenvalue weighted by molar-refractivity contribution is -0.129. The molecule has 0 spiro atoms. The highest BCUT2D eigenvalue weighted by Crippen LogP contribution is 2.38. The number of aliphatic hydroxyl groups excluding tert-OH is 1. The van der Waals surface area contributed by atoms with Crippen molar-refractivity contribution in [1.29, 1.82) is 5.26 Å². The Hall–Kier alpha value is -1.08. The van der Waals surface area contributed by atoms with Gasteiger partial charge >= 0.3 is 0 Å². The van der Waals surface area contributed by atoms with Crippen molar-refractivity contribution in [3.8, 4) is 6.07 Å². The number of carbonyl (C=O) groups excluding carboxylic acids is 1. The Balaban J connectivity index is 1.86. The molecule has 2 aliphatic carbocycles. The maximum absolute atomic E-state index is 12.2. The van der Waals surface area contributed by atoms with Gasteiger partial charge in [0.2, 0.25) is 5.91 Å². The van der Waals surface area contributed by atoms with Crippen LogP contribution in [0.1, 0.15) is 51.4 Å². The number of rotatable bonds is 3. The van der Waals surface area contributed by atoms with Gasteiger partial charge in [0.25, 0.3) is 0 Å². The Morgan fingerprint density at radius 1 is 1.28 bits per heavy atom. The summed E-state index contributed by atoms with van der Waals surface area (Å²) in [7, 11) is 0. The first-order valence-electron chi connectivity index (χ1n) is 7.03. The fourth-order valence-corrected chi connectivity index (χ4v) is 3.18. The fraction of sp³-hybridized carbons (Fsp3) is 0.857. The SMILES string of the molecule is N#CC1(C(=O)NC2CCC(CO)CC2)CCCC1. The van der Waals surface area contributed by atoms with E-state index in [1.807, 2.05) is 0 Å². The van der Waals surface area contributed by atoms with Gasteiger partial charge in [-0.2, -0.15) is 5.26 Å². The molecule has 0 saturated heterocycles. The van der Waals surface area contributed by atoms with Crippen molar-refractivity contribution < 1.29 is 9.90 Å². The minimum absolute atomic E-state index is 0.0602. The summed E-state index contributed by atoms with van der Waals surface area (Å²) in [5.74, 6) is 0.338. The Bertz CT molecular complexity index is 334. The molecule has 4 heteroatoms. The van der Waals surface area contributed by atoms with E-state index < -0.39 is 5.41 Å². The molecule has 18 heavy (non-hydrogen) atoms. The van der Waals surface area contributed by atoms with Crippen LogP contribution < -0.4 is 5.32 Å². The predicted octanol–water partition coefficient (Wildman–Crippen LogP) is 1.74. The van der Waals surface area contributed by atoms with E-state index in [0.29, 0.717) is 18.8 Å². The van der Waals surface area contributed by atoms with Crippen LogP contribution in [0.5, 0.6) is 0 Å². The van der Waals surface area contributed by atoms with E-state index in [1.54, 1.807) is 0 Å². The molecule has 0 heterocycles.